The van der Waals surface area contributed by atoms with Gasteiger partial charge in [-0.2, -0.15) is 0 Å². The third-order valence-corrected chi connectivity index (χ3v) is 7.23. The molecule has 4 rings (SSSR count). The summed E-state index contributed by atoms with van der Waals surface area (Å²) in [5.41, 5.74) is 2.74. The minimum absolute atomic E-state index is 0.220. The van der Waals surface area contributed by atoms with E-state index >= 15 is 0 Å². The van der Waals surface area contributed by atoms with Gasteiger partial charge in [0, 0.05) is 29.9 Å². The van der Waals surface area contributed by atoms with Gasteiger partial charge in [0.15, 0.2) is 11.5 Å². The van der Waals surface area contributed by atoms with Gasteiger partial charge in [-0.3, -0.25) is 4.79 Å². The molecule has 3 unspecified atom stereocenters. The molecule has 4 nitrogen and oxygen atoms in total. The number of carbonyl (C=O) groups is 1. The van der Waals surface area contributed by atoms with Crippen LogP contribution < -0.4 is 4.74 Å². The number of phenolic OH excluding ortho intramolecular Hbond substituents is 1. The van der Waals surface area contributed by atoms with Crippen molar-refractivity contribution >= 4 is 5.78 Å². The molecule has 0 radical (unpaired) electrons. The summed E-state index contributed by atoms with van der Waals surface area (Å²) < 4.78 is 6.02. The molecule has 0 bridgehead atoms. The number of ether oxygens (including phenoxy) is 1. The van der Waals surface area contributed by atoms with Crippen LogP contribution in [0.3, 0.4) is 0 Å². The number of piperidine rings is 1. The van der Waals surface area contributed by atoms with E-state index in [0.29, 0.717) is 42.9 Å². The van der Waals surface area contributed by atoms with Gasteiger partial charge in [0.05, 0.1) is 0 Å². The molecule has 2 aromatic carbocycles. The second kappa shape index (κ2) is 7.83. The number of aromatic hydroxyl groups is 1. The van der Waals surface area contributed by atoms with Crippen molar-refractivity contribution in [3.05, 3.63) is 59.2 Å². The Balaban J connectivity index is 1.73. The molecule has 2 aromatic rings. The Morgan fingerprint density at radius 2 is 1.97 bits per heavy atom. The minimum atomic E-state index is -0.304. The van der Waals surface area contributed by atoms with Crippen LogP contribution in [0.4, 0.5) is 0 Å². The first-order valence-electron chi connectivity index (χ1n) is 10.6. The van der Waals surface area contributed by atoms with Gasteiger partial charge in [-0.1, -0.05) is 36.4 Å². The number of rotatable bonds is 4. The van der Waals surface area contributed by atoms with E-state index in [1.165, 1.54) is 0 Å². The van der Waals surface area contributed by atoms with Crippen molar-refractivity contribution < 1.29 is 14.6 Å². The average Bonchev–Trinajstić information content (AvgIpc) is 2.71. The number of Topliss-reactive ketones (excluding diaryl/α,β-unsaturated/α-hetero) is 1. The zero-order chi connectivity index (χ0) is 20.6. The fourth-order valence-corrected chi connectivity index (χ4v) is 5.58. The molecular formula is C25H31NO3. The summed E-state index contributed by atoms with van der Waals surface area (Å²) in [6.07, 6.45) is 2.94. The molecule has 0 amide bonds. The Kier molecular flexibility index (Phi) is 5.39. The number of benzene rings is 2. The van der Waals surface area contributed by atoms with Crippen LogP contribution in [0.25, 0.3) is 0 Å². The molecule has 1 aliphatic carbocycles. The Bertz CT molecular complexity index is 894. The third-order valence-electron chi connectivity index (χ3n) is 7.23. The first-order valence-corrected chi connectivity index (χ1v) is 10.6. The summed E-state index contributed by atoms with van der Waals surface area (Å²) in [6.45, 7) is 5.64. The lowest BCUT2D eigenvalue weighted by Crippen LogP contribution is -2.56. The zero-order valence-corrected chi connectivity index (χ0v) is 17.6. The molecule has 2 fully saturated rings. The fraction of sp³-hybridized carbons (Fsp3) is 0.480. The predicted octanol–water partition coefficient (Wildman–Crippen LogP) is 4.61. The number of nitrogens with zero attached hydrogens (tertiary/aromatic N) is 1. The summed E-state index contributed by atoms with van der Waals surface area (Å²) >= 11 is 0. The highest BCUT2D eigenvalue weighted by atomic mass is 16.5. The van der Waals surface area contributed by atoms with Crippen LogP contribution in [-0.4, -0.2) is 35.4 Å². The van der Waals surface area contributed by atoms with E-state index in [1.807, 2.05) is 49.4 Å². The number of ketones is 1. The Morgan fingerprint density at radius 3 is 2.72 bits per heavy atom. The zero-order valence-electron chi connectivity index (χ0n) is 17.6. The molecule has 29 heavy (non-hydrogen) atoms. The molecular weight excluding hydrogens is 362 g/mol. The van der Waals surface area contributed by atoms with Crippen molar-refractivity contribution in [2.45, 2.75) is 57.6 Å². The van der Waals surface area contributed by atoms with Crippen LogP contribution >= 0.6 is 0 Å². The van der Waals surface area contributed by atoms with Crippen LogP contribution in [-0.2, 0) is 16.8 Å². The smallest absolute Gasteiger partial charge is 0.161 e. The molecule has 3 atom stereocenters. The number of hydrogen-bond acceptors (Lipinski definition) is 4. The Morgan fingerprint density at radius 1 is 1.21 bits per heavy atom. The van der Waals surface area contributed by atoms with Crippen molar-refractivity contribution in [2.24, 2.45) is 5.92 Å². The summed E-state index contributed by atoms with van der Waals surface area (Å²) in [5, 5.41) is 11.3. The lowest BCUT2D eigenvalue weighted by Gasteiger charge is -2.54. The molecule has 2 aliphatic rings. The van der Waals surface area contributed by atoms with E-state index in [0.717, 1.165) is 36.1 Å². The van der Waals surface area contributed by atoms with E-state index in [2.05, 4.69) is 18.9 Å². The van der Waals surface area contributed by atoms with Crippen LogP contribution in [0.15, 0.2) is 42.5 Å². The van der Waals surface area contributed by atoms with Crippen LogP contribution in [0, 0.1) is 12.8 Å². The molecule has 1 heterocycles. The van der Waals surface area contributed by atoms with Gasteiger partial charge in [0.1, 0.15) is 12.4 Å². The maximum absolute atomic E-state index is 12.6. The second-order valence-electron chi connectivity index (χ2n) is 8.87. The standard InChI is InChI=1S/C25H31NO3/c1-17-9-12-22(29-16-19-7-5-4-6-8-19)24(28)23(17)25-13-14-26(3)18(2)21(25)11-10-20(27)15-25/h4-9,12,18,21,28H,10-11,13-16H2,1-3H3. The maximum Gasteiger partial charge on any atom is 0.161 e. The van der Waals surface area contributed by atoms with E-state index in [1.54, 1.807) is 0 Å². The van der Waals surface area contributed by atoms with Crippen molar-refractivity contribution in [3.8, 4) is 11.5 Å². The predicted molar refractivity (Wildman–Crippen MR) is 114 cm³/mol. The highest BCUT2D eigenvalue weighted by Gasteiger charge is 2.52. The van der Waals surface area contributed by atoms with Gasteiger partial charge in [-0.15, -0.1) is 0 Å². The summed E-state index contributed by atoms with van der Waals surface area (Å²) in [7, 11) is 2.16. The third kappa shape index (κ3) is 3.55. The number of hydrogen-bond donors (Lipinski definition) is 1. The second-order valence-corrected chi connectivity index (χ2v) is 8.87. The van der Waals surface area contributed by atoms with E-state index in [9.17, 15) is 9.90 Å². The topological polar surface area (TPSA) is 49.8 Å². The summed E-state index contributed by atoms with van der Waals surface area (Å²) in [5.74, 6) is 1.39. The SMILES string of the molecule is Cc1ccc(OCc2ccccc2)c(O)c1C12CCN(C)C(C)C1CCC(=O)C2. The van der Waals surface area contributed by atoms with Crippen LogP contribution in [0.5, 0.6) is 11.5 Å². The first kappa shape index (κ1) is 20.0. The number of phenols is 1. The van der Waals surface area contributed by atoms with Crippen molar-refractivity contribution in [1.29, 1.82) is 0 Å². The molecule has 1 saturated carbocycles. The van der Waals surface area contributed by atoms with E-state index in [4.69, 9.17) is 4.74 Å². The fourth-order valence-electron chi connectivity index (χ4n) is 5.58. The van der Waals surface area contributed by atoms with Crippen molar-refractivity contribution in [1.82, 2.24) is 4.90 Å². The van der Waals surface area contributed by atoms with Gasteiger partial charge in [0.2, 0.25) is 0 Å². The van der Waals surface area contributed by atoms with Crippen molar-refractivity contribution in [2.75, 3.05) is 13.6 Å². The number of aryl methyl sites for hydroxylation is 1. The lowest BCUT2D eigenvalue weighted by atomic mass is 9.56. The monoisotopic (exact) mass is 393 g/mol. The van der Waals surface area contributed by atoms with Gasteiger partial charge < -0.3 is 14.7 Å². The van der Waals surface area contributed by atoms with Gasteiger partial charge >= 0.3 is 0 Å². The molecule has 0 aromatic heterocycles. The van der Waals surface area contributed by atoms with Crippen LogP contribution in [0.2, 0.25) is 0 Å². The minimum Gasteiger partial charge on any atom is -0.504 e. The van der Waals surface area contributed by atoms with E-state index in [-0.39, 0.29) is 11.2 Å². The molecule has 1 aliphatic heterocycles. The van der Waals surface area contributed by atoms with Gasteiger partial charge in [-0.05, 0) is 63.4 Å². The number of likely N-dealkylation sites (tertiary alicyclic amines) is 1. The molecule has 1 saturated heterocycles. The molecule has 1 N–H and O–H groups in total. The normalized spacial score (nSPS) is 27.5. The highest BCUT2D eigenvalue weighted by molar-refractivity contribution is 5.82. The quantitative estimate of drug-likeness (QED) is 0.824. The molecule has 4 heteroatoms. The summed E-state index contributed by atoms with van der Waals surface area (Å²) in [6, 6.07) is 14.2. The number of carbonyl (C=O) groups excluding carboxylic acids is 1. The van der Waals surface area contributed by atoms with Gasteiger partial charge in [0.25, 0.3) is 0 Å². The Labute approximate surface area is 173 Å². The van der Waals surface area contributed by atoms with E-state index < -0.39 is 0 Å². The highest BCUT2D eigenvalue weighted by Crippen LogP contribution is 2.54. The molecule has 154 valence electrons. The lowest BCUT2D eigenvalue weighted by molar-refractivity contribution is -0.126. The molecule has 0 spiro atoms. The number of fused-ring (bicyclic) bond motifs is 1. The maximum atomic E-state index is 12.6. The van der Waals surface area contributed by atoms with Gasteiger partial charge in [-0.25, -0.2) is 0 Å². The summed E-state index contributed by atoms with van der Waals surface area (Å²) in [4.78, 5) is 15.0. The Hall–Kier alpha value is -2.33. The van der Waals surface area contributed by atoms with Crippen LogP contribution in [0.1, 0.15) is 49.3 Å². The van der Waals surface area contributed by atoms with Crippen molar-refractivity contribution in [3.63, 3.8) is 0 Å². The average molecular weight is 394 g/mol. The first-order chi connectivity index (χ1) is 13.9. The largest absolute Gasteiger partial charge is 0.504 e.